The number of pyridine rings is 1. The van der Waals surface area contributed by atoms with E-state index in [9.17, 15) is 4.79 Å². The van der Waals surface area contributed by atoms with Crippen LogP contribution in [-0.2, 0) is 9.47 Å². The molecule has 8 nitrogen and oxygen atoms in total. The monoisotopic (exact) mass is 321 g/mol. The summed E-state index contributed by atoms with van der Waals surface area (Å²) in [7, 11) is 0. The maximum absolute atomic E-state index is 11.6. The lowest BCUT2D eigenvalue weighted by Gasteiger charge is -2.06. The second-order valence-electron chi connectivity index (χ2n) is 4.43. The summed E-state index contributed by atoms with van der Waals surface area (Å²) in [6.07, 6.45) is 1.58. The van der Waals surface area contributed by atoms with E-state index in [0.29, 0.717) is 43.6 Å². The molecule has 0 aliphatic heterocycles. The summed E-state index contributed by atoms with van der Waals surface area (Å²) in [5.41, 5.74) is 6.14. The van der Waals surface area contributed by atoms with Gasteiger partial charge in [0.1, 0.15) is 6.61 Å². The summed E-state index contributed by atoms with van der Waals surface area (Å²) >= 11 is 0. The highest BCUT2D eigenvalue weighted by Gasteiger charge is 2.15. The van der Waals surface area contributed by atoms with Crippen LogP contribution in [0.2, 0.25) is 0 Å². The lowest BCUT2D eigenvalue weighted by molar-refractivity contribution is 0.0514. The molecule has 0 aliphatic carbocycles. The van der Waals surface area contributed by atoms with Crippen LogP contribution < -0.4 is 10.5 Å². The van der Waals surface area contributed by atoms with Gasteiger partial charge in [0.05, 0.1) is 19.8 Å². The van der Waals surface area contributed by atoms with Crippen molar-refractivity contribution in [2.24, 2.45) is 5.73 Å². The molecule has 0 bridgehead atoms. The van der Waals surface area contributed by atoms with Gasteiger partial charge in [0.2, 0.25) is 5.88 Å². The summed E-state index contributed by atoms with van der Waals surface area (Å²) < 4.78 is 20.7. The van der Waals surface area contributed by atoms with Crippen LogP contribution >= 0.6 is 0 Å². The van der Waals surface area contributed by atoms with Crippen molar-refractivity contribution in [2.45, 2.75) is 6.92 Å². The fourth-order valence-corrected chi connectivity index (χ4v) is 1.74. The molecule has 2 heterocycles. The van der Waals surface area contributed by atoms with Crippen molar-refractivity contribution in [2.75, 3.05) is 33.0 Å². The first kappa shape index (κ1) is 16.9. The van der Waals surface area contributed by atoms with Gasteiger partial charge in [-0.3, -0.25) is 0 Å². The predicted octanol–water partition coefficient (Wildman–Crippen LogP) is 1.27. The van der Waals surface area contributed by atoms with E-state index in [2.05, 4.69) is 10.1 Å². The second kappa shape index (κ2) is 8.86. The number of hydrogen-bond donors (Lipinski definition) is 1. The van der Waals surface area contributed by atoms with Crippen LogP contribution in [0.4, 0.5) is 0 Å². The topological polar surface area (TPSA) is 110 Å². The minimum Gasteiger partial charge on any atom is -0.475 e. The average Bonchev–Trinajstić information content (AvgIpc) is 3.05. The summed E-state index contributed by atoms with van der Waals surface area (Å²) in [6, 6.07) is 4.94. The maximum atomic E-state index is 11.6. The van der Waals surface area contributed by atoms with Gasteiger partial charge in [-0.15, -0.1) is 0 Å². The highest BCUT2D eigenvalue weighted by molar-refractivity contribution is 5.88. The Kier molecular flexibility index (Phi) is 6.52. The van der Waals surface area contributed by atoms with Crippen LogP contribution in [0.15, 0.2) is 28.9 Å². The van der Waals surface area contributed by atoms with Gasteiger partial charge in [0.15, 0.2) is 11.5 Å². The Labute approximate surface area is 133 Å². The van der Waals surface area contributed by atoms with Gasteiger partial charge in [0, 0.05) is 30.4 Å². The van der Waals surface area contributed by atoms with Crippen LogP contribution in [0, 0.1) is 0 Å². The van der Waals surface area contributed by atoms with Gasteiger partial charge in [-0.2, -0.15) is 0 Å². The Morgan fingerprint density at radius 2 is 2.17 bits per heavy atom. The van der Waals surface area contributed by atoms with Gasteiger partial charge in [-0.25, -0.2) is 9.78 Å². The number of rotatable bonds is 9. The van der Waals surface area contributed by atoms with Crippen LogP contribution in [0.1, 0.15) is 17.4 Å². The van der Waals surface area contributed by atoms with Crippen molar-refractivity contribution >= 4 is 5.97 Å². The van der Waals surface area contributed by atoms with Gasteiger partial charge in [0.25, 0.3) is 0 Å². The molecule has 8 heteroatoms. The Morgan fingerprint density at radius 3 is 2.96 bits per heavy atom. The van der Waals surface area contributed by atoms with Crippen molar-refractivity contribution in [3.63, 3.8) is 0 Å². The zero-order valence-electron chi connectivity index (χ0n) is 12.9. The quantitative estimate of drug-likeness (QED) is 0.543. The first-order valence-corrected chi connectivity index (χ1v) is 7.25. The van der Waals surface area contributed by atoms with E-state index in [0.717, 1.165) is 0 Å². The summed E-state index contributed by atoms with van der Waals surface area (Å²) in [6.45, 7) is 3.76. The smallest absolute Gasteiger partial charge is 0.360 e. The number of ether oxygens (including phenoxy) is 3. The molecule has 2 aromatic rings. The first-order valence-electron chi connectivity index (χ1n) is 7.25. The van der Waals surface area contributed by atoms with E-state index in [4.69, 9.17) is 24.5 Å². The van der Waals surface area contributed by atoms with E-state index >= 15 is 0 Å². The predicted molar refractivity (Wildman–Crippen MR) is 81.1 cm³/mol. The molecule has 2 rings (SSSR count). The molecule has 0 aromatic carbocycles. The normalized spacial score (nSPS) is 10.5. The Hall–Kier alpha value is -2.45. The summed E-state index contributed by atoms with van der Waals surface area (Å²) in [5.74, 6) is 0.331. The van der Waals surface area contributed by atoms with Crippen molar-refractivity contribution in [1.82, 2.24) is 10.1 Å². The molecule has 0 amide bonds. The van der Waals surface area contributed by atoms with Crippen molar-refractivity contribution in [3.8, 4) is 17.2 Å². The van der Waals surface area contributed by atoms with Crippen molar-refractivity contribution < 1.29 is 23.5 Å². The Morgan fingerprint density at radius 1 is 1.30 bits per heavy atom. The molecule has 0 saturated heterocycles. The zero-order valence-corrected chi connectivity index (χ0v) is 12.9. The Bertz CT molecular complexity index is 629. The number of aromatic nitrogens is 2. The highest BCUT2D eigenvalue weighted by atomic mass is 16.5. The molecule has 124 valence electrons. The van der Waals surface area contributed by atoms with E-state index < -0.39 is 5.97 Å². The molecular weight excluding hydrogens is 302 g/mol. The van der Waals surface area contributed by atoms with E-state index in [1.54, 1.807) is 25.3 Å². The third-order valence-electron chi connectivity index (χ3n) is 2.75. The first-order chi connectivity index (χ1) is 11.2. The molecule has 0 unspecified atom stereocenters. The third-order valence-corrected chi connectivity index (χ3v) is 2.75. The molecule has 0 spiro atoms. The van der Waals surface area contributed by atoms with Gasteiger partial charge < -0.3 is 24.5 Å². The van der Waals surface area contributed by atoms with Crippen molar-refractivity contribution in [3.05, 3.63) is 30.1 Å². The van der Waals surface area contributed by atoms with Gasteiger partial charge in [-0.1, -0.05) is 5.16 Å². The Balaban J connectivity index is 1.98. The van der Waals surface area contributed by atoms with E-state index in [1.165, 1.54) is 6.07 Å². The molecule has 0 radical (unpaired) electrons. The molecule has 0 fully saturated rings. The number of nitrogens with two attached hydrogens (primary N) is 1. The summed E-state index contributed by atoms with van der Waals surface area (Å²) in [4.78, 5) is 15.7. The molecule has 2 N–H and O–H groups in total. The molecular formula is C15H19N3O5. The average molecular weight is 321 g/mol. The van der Waals surface area contributed by atoms with Crippen LogP contribution in [0.25, 0.3) is 11.3 Å². The molecule has 0 aliphatic rings. The van der Waals surface area contributed by atoms with Crippen LogP contribution in [0.5, 0.6) is 5.88 Å². The number of esters is 1. The third kappa shape index (κ3) is 5.04. The molecule has 0 atom stereocenters. The molecule has 23 heavy (non-hydrogen) atoms. The highest BCUT2D eigenvalue weighted by Crippen LogP contribution is 2.23. The minimum atomic E-state index is -0.523. The number of carbonyl (C=O) groups is 1. The fraction of sp³-hybridized carbons (Fsp3) is 0.400. The molecule has 0 saturated carbocycles. The van der Waals surface area contributed by atoms with Crippen LogP contribution in [0.3, 0.4) is 0 Å². The largest absolute Gasteiger partial charge is 0.475 e. The van der Waals surface area contributed by atoms with Crippen molar-refractivity contribution in [1.29, 1.82) is 0 Å². The SMILES string of the molecule is CCOC(=O)c1cc(-c2ccnc(OCCOCCN)c2)on1. The summed E-state index contributed by atoms with van der Waals surface area (Å²) in [5, 5.41) is 3.69. The van der Waals surface area contributed by atoms with E-state index in [1.807, 2.05) is 0 Å². The number of nitrogens with zero attached hydrogens (tertiary/aromatic N) is 2. The van der Waals surface area contributed by atoms with Crippen LogP contribution in [-0.4, -0.2) is 49.1 Å². The second-order valence-corrected chi connectivity index (χ2v) is 4.43. The fourth-order valence-electron chi connectivity index (χ4n) is 1.74. The zero-order chi connectivity index (χ0) is 16.5. The van der Waals surface area contributed by atoms with Gasteiger partial charge in [-0.05, 0) is 13.0 Å². The maximum Gasteiger partial charge on any atom is 0.360 e. The molecule has 2 aromatic heterocycles. The lowest BCUT2D eigenvalue weighted by Crippen LogP contribution is -2.13. The van der Waals surface area contributed by atoms with E-state index in [-0.39, 0.29) is 12.3 Å². The number of hydrogen-bond acceptors (Lipinski definition) is 8. The standard InChI is InChI=1S/C15H19N3O5/c1-2-21-15(19)12-10-13(23-18-12)11-3-5-17-14(9-11)22-8-7-20-6-4-16/h3,5,9-10H,2,4,6-8,16H2,1H3. The van der Waals surface area contributed by atoms with Gasteiger partial charge >= 0.3 is 5.97 Å². The minimum absolute atomic E-state index is 0.122. The lowest BCUT2D eigenvalue weighted by atomic mass is 10.2. The number of carbonyl (C=O) groups excluding carboxylic acids is 1.